The fraction of sp³-hybridized carbons (Fsp3) is 0.391. The minimum absolute atomic E-state index is 0.0152. The Kier molecular flexibility index (Phi) is 6.29. The van der Waals surface area contributed by atoms with Crippen molar-refractivity contribution in [2.24, 2.45) is 0 Å². The van der Waals surface area contributed by atoms with Gasteiger partial charge in [0, 0.05) is 36.8 Å². The molecule has 170 valence electrons. The van der Waals surface area contributed by atoms with Crippen LogP contribution < -0.4 is 10.2 Å². The first kappa shape index (κ1) is 22.8. The van der Waals surface area contributed by atoms with E-state index in [1.807, 2.05) is 19.1 Å². The molecule has 0 spiro atoms. The number of halogens is 1. The summed E-state index contributed by atoms with van der Waals surface area (Å²) in [7, 11) is -3.85. The summed E-state index contributed by atoms with van der Waals surface area (Å²) in [5, 5.41) is 3.46. The SMILES string of the molecule is CC(=O)N1c2ccc(S(=O)(=O)N3CCC[C@@H]3C(=O)NCc3ccc(Cl)cc3)cc2C[C@H]1C. The van der Waals surface area contributed by atoms with Crippen LogP contribution in [-0.4, -0.2) is 43.2 Å². The Bertz CT molecular complexity index is 1150. The molecule has 7 nitrogen and oxygen atoms in total. The topological polar surface area (TPSA) is 86.8 Å². The fourth-order valence-corrected chi connectivity index (χ4v) is 6.42. The van der Waals surface area contributed by atoms with Crippen LogP contribution in [-0.2, 0) is 32.6 Å². The highest BCUT2D eigenvalue weighted by Crippen LogP contribution is 2.35. The van der Waals surface area contributed by atoms with Gasteiger partial charge in [-0.2, -0.15) is 4.31 Å². The molecule has 2 heterocycles. The van der Waals surface area contributed by atoms with Gasteiger partial charge in [-0.3, -0.25) is 9.59 Å². The van der Waals surface area contributed by atoms with E-state index >= 15 is 0 Å². The average molecular weight is 476 g/mol. The van der Waals surface area contributed by atoms with E-state index in [1.54, 1.807) is 29.2 Å². The molecule has 2 aromatic rings. The molecular formula is C23H26ClN3O4S. The van der Waals surface area contributed by atoms with Crippen LogP contribution in [0.2, 0.25) is 5.02 Å². The van der Waals surface area contributed by atoms with Crippen LogP contribution in [0.1, 0.15) is 37.8 Å². The van der Waals surface area contributed by atoms with E-state index < -0.39 is 16.1 Å². The molecule has 2 atom stereocenters. The molecule has 32 heavy (non-hydrogen) atoms. The molecule has 1 saturated heterocycles. The van der Waals surface area contributed by atoms with Crippen molar-refractivity contribution in [3.05, 3.63) is 58.6 Å². The molecule has 2 amide bonds. The van der Waals surface area contributed by atoms with E-state index in [1.165, 1.54) is 17.3 Å². The highest BCUT2D eigenvalue weighted by molar-refractivity contribution is 7.89. The van der Waals surface area contributed by atoms with E-state index in [0.717, 1.165) is 16.8 Å². The van der Waals surface area contributed by atoms with Crippen LogP contribution in [0.5, 0.6) is 0 Å². The molecule has 0 aromatic heterocycles. The second kappa shape index (κ2) is 8.84. The first-order valence-electron chi connectivity index (χ1n) is 10.6. The Hall–Kier alpha value is -2.42. The van der Waals surface area contributed by atoms with Crippen molar-refractivity contribution in [1.82, 2.24) is 9.62 Å². The zero-order chi connectivity index (χ0) is 23.0. The van der Waals surface area contributed by atoms with Crippen molar-refractivity contribution in [3.63, 3.8) is 0 Å². The Balaban J connectivity index is 1.52. The third-order valence-electron chi connectivity index (χ3n) is 6.10. The monoisotopic (exact) mass is 475 g/mol. The molecule has 0 radical (unpaired) electrons. The van der Waals surface area contributed by atoms with Crippen molar-refractivity contribution in [2.75, 3.05) is 11.4 Å². The summed E-state index contributed by atoms with van der Waals surface area (Å²) in [6, 6.07) is 11.2. The third-order valence-corrected chi connectivity index (χ3v) is 8.25. The standard InChI is InChI=1S/C23H26ClN3O4S/c1-15-12-18-13-20(9-10-21(18)27(15)16(2)28)32(30,31)26-11-3-4-22(26)23(29)25-14-17-5-7-19(24)8-6-17/h5-10,13,15,22H,3-4,11-12,14H2,1-2H3,(H,25,29)/t15-,22-/m1/s1. The number of carbonyl (C=O) groups is 2. The number of benzene rings is 2. The molecular weight excluding hydrogens is 450 g/mol. The summed E-state index contributed by atoms with van der Waals surface area (Å²) in [6.07, 6.45) is 1.70. The quantitative estimate of drug-likeness (QED) is 0.719. The average Bonchev–Trinajstić information content (AvgIpc) is 3.37. The molecule has 0 aliphatic carbocycles. The van der Waals surface area contributed by atoms with Crippen molar-refractivity contribution >= 4 is 39.1 Å². The zero-order valence-corrected chi connectivity index (χ0v) is 19.6. The highest BCUT2D eigenvalue weighted by Gasteiger charge is 2.40. The summed E-state index contributed by atoms with van der Waals surface area (Å²) in [5.41, 5.74) is 2.47. The van der Waals surface area contributed by atoms with E-state index in [9.17, 15) is 18.0 Å². The van der Waals surface area contributed by atoms with Gasteiger partial charge < -0.3 is 10.2 Å². The molecule has 0 bridgehead atoms. The van der Waals surface area contributed by atoms with Crippen molar-refractivity contribution < 1.29 is 18.0 Å². The molecule has 2 aromatic carbocycles. The van der Waals surface area contributed by atoms with Gasteiger partial charge in [-0.25, -0.2) is 8.42 Å². The lowest BCUT2D eigenvalue weighted by Crippen LogP contribution is -2.45. The summed E-state index contributed by atoms with van der Waals surface area (Å²) in [6.45, 7) is 4.05. The minimum Gasteiger partial charge on any atom is -0.351 e. The summed E-state index contributed by atoms with van der Waals surface area (Å²) in [5.74, 6) is -0.373. The largest absolute Gasteiger partial charge is 0.351 e. The Morgan fingerprint density at radius 2 is 1.88 bits per heavy atom. The maximum absolute atomic E-state index is 13.4. The lowest BCUT2D eigenvalue weighted by Gasteiger charge is -2.24. The number of nitrogens with one attached hydrogen (secondary N) is 1. The number of hydrogen-bond acceptors (Lipinski definition) is 4. The molecule has 0 saturated carbocycles. The second-order valence-electron chi connectivity index (χ2n) is 8.35. The molecule has 1 fully saturated rings. The molecule has 0 unspecified atom stereocenters. The maximum Gasteiger partial charge on any atom is 0.243 e. The van der Waals surface area contributed by atoms with Gasteiger partial charge in [0.15, 0.2) is 0 Å². The molecule has 4 rings (SSSR count). The van der Waals surface area contributed by atoms with Gasteiger partial charge in [0.05, 0.1) is 4.90 Å². The molecule has 2 aliphatic heterocycles. The minimum atomic E-state index is -3.85. The van der Waals surface area contributed by atoms with Gasteiger partial charge in [-0.15, -0.1) is 0 Å². The number of fused-ring (bicyclic) bond motifs is 1. The molecule has 2 aliphatic rings. The number of sulfonamides is 1. The van der Waals surface area contributed by atoms with Crippen molar-refractivity contribution in [3.8, 4) is 0 Å². The fourth-order valence-electron chi connectivity index (χ4n) is 4.58. The van der Waals surface area contributed by atoms with Crippen LogP contribution >= 0.6 is 11.6 Å². The van der Waals surface area contributed by atoms with Crippen LogP contribution in [0.4, 0.5) is 5.69 Å². The van der Waals surface area contributed by atoms with Crippen LogP contribution in [0.3, 0.4) is 0 Å². The number of carbonyl (C=O) groups excluding carboxylic acids is 2. The number of nitrogens with zero attached hydrogens (tertiary/aromatic N) is 2. The summed E-state index contributed by atoms with van der Waals surface area (Å²) >= 11 is 5.89. The van der Waals surface area contributed by atoms with Crippen LogP contribution in [0, 0.1) is 0 Å². The Labute approximate surface area is 193 Å². The van der Waals surface area contributed by atoms with Crippen molar-refractivity contribution in [2.45, 2.75) is 56.6 Å². The van der Waals surface area contributed by atoms with E-state index in [0.29, 0.717) is 37.4 Å². The normalized spacial score (nSPS) is 20.9. The van der Waals surface area contributed by atoms with Crippen LogP contribution in [0.15, 0.2) is 47.4 Å². The maximum atomic E-state index is 13.4. The number of hydrogen-bond donors (Lipinski definition) is 1. The van der Waals surface area contributed by atoms with Crippen LogP contribution in [0.25, 0.3) is 0 Å². The molecule has 9 heteroatoms. The third kappa shape index (κ3) is 4.27. The Morgan fingerprint density at radius 3 is 2.56 bits per heavy atom. The number of amides is 2. The number of rotatable bonds is 5. The van der Waals surface area contributed by atoms with E-state index in [4.69, 9.17) is 11.6 Å². The lowest BCUT2D eigenvalue weighted by molar-refractivity contribution is -0.124. The highest BCUT2D eigenvalue weighted by atomic mass is 35.5. The van der Waals surface area contributed by atoms with E-state index in [2.05, 4.69) is 5.32 Å². The van der Waals surface area contributed by atoms with Gasteiger partial charge in [-0.05, 0) is 67.6 Å². The van der Waals surface area contributed by atoms with Gasteiger partial charge in [0.25, 0.3) is 0 Å². The predicted octanol–water partition coefficient (Wildman–Crippen LogP) is 3.11. The first-order valence-corrected chi connectivity index (χ1v) is 12.5. The second-order valence-corrected chi connectivity index (χ2v) is 10.7. The summed E-state index contributed by atoms with van der Waals surface area (Å²) in [4.78, 5) is 26.6. The van der Waals surface area contributed by atoms with Gasteiger partial charge in [-0.1, -0.05) is 23.7 Å². The molecule has 1 N–H and O–H groups in total. The van der Waals surface area contributed by atoms with Gasteiger partial charge >= 0.3 is 0 Å². The predicted molar refractivity (Wildman–Crippen MR) is 123 cm³/mol. The van der Waals surface area contributed by atoms with Gasteiger partial charge in [0.1, 0.15) is 6.04 Å². The summed E-state index contributed by atoms with van der Waals surface area (Å²) < 4.78 is 28.1. The van der Waals surface area contributed by atoms with Gasteiger partial charge in [0.2, 0.25) is 21.8 Å². The van der Waals surface area contributed by atoms with E-state index in [-0.39, 0.29) is 22.8 Å². The van der Waals surface area contributed by atoms with Crippen molar-refractivity contribution in [1.29, 1.82) is 0 Å². The smallest absolute Gasteiger partial charge is 0.243 e. The Morgan fingerprint density at radius 1 is 1.16 bits per heavy atom. The lowest BCUT2D eigenvalue weighted by atomic mass is 10.1. The first-order chi connectivity index (χ1) is 15.2. The number of anilines is 1. The zero-order valence-electron chi connectivity index (χ0n) is 18.0.